The van der Waals surface area contributed by atoms with Crippen LogP contribution in [0.2, 0.25) is 0 Å². The molecular weight excluding hydrogens is 358 g/mol. The van der Waals surface area contributed by atoms with Crippen LogP contribution in [0.5, 0.6) is 0 Å². The van der Waals surface area contributed by atoms with Gasteiger partial charge in [-0.05, 0) is 25.5 Å². The third-order valence-corrected chi connectivity index (χ3v) is 5.59. The van der Waals surface area contributed by atoms with Crippen LogP contribution in [-0.4, -0.2) is 41.1 Å². The highest BCUT2D eigenvalue weighted by atomic mass is 32.2. The number of aryl methyl sites for hydroxylation is 1. The van der Waals surface area contributed by atoms with E-state index in [-0.39, 0.29) is 11.2 Å². The van der Waals surface area contributed by atoms with Crippen molar-refractivity contribution in [2.75, 3.05) is 5.32 Å². The summed E-state index contributed by atoms with van der Waals surface area (Å²) in [4.78, 5) is 16.5. The summed E-state index contributed by atoms with van der Waals surface area (Å²) in [7, 11) is 1.89. The Labute approximate surface area is 153 Å². The zero-order chi connectivity index (χ0) is 17.8. The van der Waals surface area contributed by atoms with E-state index < -0.39 is 0 Å². The average Bonchev–Trinajstić information content (AvgIpc) is 3.19. The van der Waals surface area contributed by atoms with Gasteiger partial charge in [0.2, 0.25) is 11.0 Å². The van der Waals surface area contributed by atoms with Gasteiger partial charge in [0.25, 0.3) is 0 Å². The molecule has 25 heavy (non-hydrogen) atoms. The van der Waals surface area contributed by atoms with E-state index in [1.165, 1.54) is 23.1 Å². The SMILES string of the molecule is CC[C@H](Sc1nnc(-c2ccncc2)n1C)C(=O)Nc1nnc(C)s1. The Morgan fingerprint density at radius 2 is 2.04 bits per heavy atom. The summed E-state index contributed by atoms with van der Waals surface area (Å²) in [5.74, 6) is 0.622. The van der Waals surface area contributed by atoms with Crippen LogP contribution in [0.4, 0.5) is 5.13 Å². The number of rotatable bonds is 6. The largest absolute Gasteiger partial charge is 0.305 e. The molecule has 1 amide bonds. The van der Waals surface area contributed by atoms with Gasteiger partial charge in [0.15, 0.2) is 11.0 Å². The van der Waals surface area contributed by atoms with E-state index in [1.54, 1.807) is 12.4 Å². The van der Waals surface area contributed by atoms with Crippen LogP contribution in [0.3, 0.4) is 0 Å². The molecule has 0 radical (unpaired) electrons. The van der Waals surface area contributed by atoms with E-state index >= 15 is 0 Å². The van der Waals surface area contributed by atoms with E-state index in [1.807, 2.05) is 37.6 Å². The van der Waals surface area contributed by atoms with Gasteiger partial charge in [-0.3, -0.25) is 15.1 Å². The van der Waals surface area contributed by atoms with Crippen LogP contribution in [0.1, 0.15) is 18.4 Å². The Balaban J connectivity index is 1.74. The number of carbonyl (C=O) groups excluding carboxylic acids is 1. The van der Waals surface area contributed by atoms with Gasteiger partial charge >= 0.3 is 0 Å². The third kappa shape index (κ3) is 4.02. The minimum absolute atomic E-state index is 0.114. The van der Waals surface area contributed by atoms with Gasteiger partial charge in [-0.25, -0.2) is 0 Å². The molecule has 0 aliphatic rings. The van der Waals surface area contributed by atoms with Crippen molar-refractivity contribution in [3.05, 3.63) is 29.5 Å². The van der Waals surface area contributed by atoms with Crippen LogP contribution < -0.4 is 5.32 Å². The molecule has 130 valence electrons. The highest BCUT2D eigenvalue weighted by Gasteiger charge is 2.23. The number of thioether (sulfide) groups is 1. The molecule has 0 aliphatic heterocycles. The van der Waals surface area contributed by atoms with Gasteiger partial charge in [-0.1, -0.05) is 30.0 Å². The van der Waals surface area contributed by atoms with Crippen molar-refractivity contribution in [3.63, 3.8) is 0 Å². The summed E-state index contributed by atoms with van der Waals surface area (Å²) in [5.41, 5.74) is 0.929. The minimum atomic E-state index is -0.294. The lowest BCUT2D eigenvalue weighted by molar-refractivity contribution is -0.115. The minimum Gasteiger partial charge on any atom is -0.305 e. The Kier molecular flexibility index (Phi) is 5.39. The Hall–Kier alpha value is -2.33. The first-order valence-corrected chi connectivity index (χ1v) is 9.35. The highest BCUT2D eigenvalue weighted by Crippen LogP contribution is 2.28. The molecule has 0 spiro atoms. The maximum atomic E-state index is 12.5. The molecule has 0 bridgehead atoms. The molecule has 8 nitrogen and oxygen atoms in total. The predicted octanol–water partition coefficient (Wildman–Crippen LogP) is 2.55. The Bertz CT molecular complexity index is 862. The fraction of sp³-hybridized carbons (Fsp3) is 0.333. The normalized spacial score (nSPS) is 12.1. The number of nitrogens with zero attached hydrogens (tertiary/aromatic N) is 6. The third-order valence-electron chi connectivity index (χ3n) is 3.44. The summed E-state index contributed by atoms with van der Waals surface area (Å²) in [6.07, 6.45) is 4.08. The van der Waals surface area contributed by atoms with E-state index in [4.69, 9.17) is 0 Å². The molecule has 0 saturated carbocycles. The Morgan fingerprint density at radius 3 is 2.68 bits per heavy atom. The summed E-state index contributed by atoms with van der Waals surface area (Å²) in [6, 6.07) is 3.75. The van der Waals surface area contributed by atoms with Crippen molar-refractivity contribution in [2.24, 2.45) is 7.05 Å². The van der Waals surface area contributed by atoms with Crippen molar-refractivity contribution in [2.45, 2.75) is 30.7 Å². The topological polar surface area (TPSA) is 98.5 Å². The van der Waals surface area contributed by atoms with E-state index in [0.29, 0.717) is 16.7 Å². The summed E-state index contributed by atoms with van der Waals surface area (Å²) < 4.78 is 1.88. The maximum absolute atomic E-state index is 12.5. The molecule has 0 aromatic carbocycles. The summed E-state index contributed by atoms with van der Waals surface area (Å²) in [5, 5.41) is 20.8. The van der Waals surface area contributed by atoms with Crippen molar-refractivity contribution in [1.82, 2.24) is 29.9 Å². The van der Waals surface area contributed by atoms with Gasteiger partial charge in [0.1, 0.15) is 5.01 Å². The zero-order valence-electron chi connectivity index (χ0n) is 14.0. The van der Waals surface area contributed by atoms with Gasteiger partial charge in [-0.2, -0.15) is 0 Å². The molecule has 0 fully saturated rings. The van der Waals surface area contributed by atoms with E-state index in [9.17, 15) is 4.79 Å². The number of hydrogen-bond donors (Lipinski definition) is 1. The van der Waals surface area contributed by atoms with Crippen LogP contribution in [-0.2, 0) is 11.8 Å². The molecule has 3 aromatic heterocycles. The standard InChI is InChI=1S/C15H17N7OS2/c1-4-11(13(23)17-14-20-18-9(2)24-14)25-15-21-19-12(22(15)3)10-5-7-16-8-6-10/h5-8,11H,4H2,1-3H3,(H,17,20,23)/t11-/m0/s1. The molecular formula is C15H17N7OS2. The maximum Gasteiger partial charge on any atom is 0.239 e. The Morgan fingerprint density at radius 1 is 1.28 bits per heavy atom. The first-order chi connectivity index (χ1) is 12.1. The first-order valence-electron chi connectivity index (χ1n) is 7.66. The fourth-order valence-corrected chi connectivity index (χ4v) is 3.67. The number of anilines is 1. The lowest BCUT2D eigenvalue weighted by Crippen LogP contribution is -2.25. The molecule has 1 N–H and O–H groups in total. The van der Waals surface area contributed by atoms with E-state index in [0.717, 1.165) is 16.4 Å². The number of pyridine rings is 1. The average molecular weight is 375 g/mol. The fourth-order valence-electron chi connectivity index (χ4n) is 2.15. The summed E-state index contributed by atoms with van der Waals surface area (Å²) in [6.45, 7) is 3.81. The zero-order valence-corrected chi connectivity index (χ0v) is 15.6. The van der Waals surface area contributed by atoms with Crippen LogP contribution in [0.15, 0.2) is 29.7 Å². The lowest BCUT2D eigenvalue weighted by atomic mass is 10.2. The van der Waals surface area contributed by atoms with Gasteiger partial charge in [0, 0.05) is 25.0 Å². The van der Waals surface area contributed by atoms with Crippen LogP contribution in [0.25, 0.3) is 11.4 Å². The van der Waals surface area contributed by atoms with Gasteiger partial charge in [0.05, 0.1) is 5.25 Å². The second-order valence-electron chi connectivity index (χ2n) is 5.23. The molecule has 10 heteroatoms. The first kappa shape index (κ1) is 17.5. The number of amides is 1. The van der Waals surface area contributed by atoms with Crippen LogP contribution >= 0.6 is 23.1 Å². The quantitative estimate of drug-likeness (QED) is 0.661. The van der Waals surface area contributed by atoms with Crippen LogP contribution in [0, 0.1) is 6.92 Å². The number of hydrogen-bond acceptors (Lipinski definition) is 8. The molecule has 3 heterocycles. The van der Waals surface area contributed by atoms with Gasteiger partial charge < -0.3 is 4.57 Å². The number of aromatic nitrogens is 6. The molecule has 0 saturated heterocycles. The molecule has 0 aliphatic carbocycles. The van der Waals surface area contributed by atoms with Gasteiger partial charge in [-0.15, -0.1) is 20.4 Å². The monoisotopic (exact) mass is 375 g/mol. The molecule has 0 unspecified atom stereocenters. The smallest absolute Gasteiger partial charge is 0.239 e. The van der Waals surface area contributed by atoms with Crippen molar-refractivity contribution >= 4 is 34.1 Å². The second-order valence-corrected chi connectivity index (χ2v) is 7.58. The molecule has 1 atom stereocenters. The summed E-state index contributed by atoms with van der Waals surface area (Å²) >= 11 is 2.74. The molecule has 3 aromatic rings. The predicted molar refractivity (Wildman–Crippen MR) is 97.4 cm³/mol. The van der Waals surface area contributed by atoms with Crippen molar-refractivity contribution in [3.8, 4) is 11.4 Å². The van der Waals surface area contributed by atoms with E-state index in [2.05, 4.69) is 30.7 Å². The van der Waals surface area contributed by atoms with Crippen molar-refractivity contribution in [1.29, 1.82) is 0 Å². The lowest BCUT2D eigenvalue weighted by Gasteiger charge is -2.12. The number of nitrogens with one attached hydrogen (secondary N) is 1. The van der Waals surface area contributed by atoms with Crippen molar-refractivity contribution < 1.29 is 4.79 Å². The molecule has 3 rings (SSSR count). The second kappa shape index (κ2) is 7.70. The number of carbonyl (C=O) groups is 1. The highest BCUT2D eigenvalue weighted by molar-refractivity contribution is 8.00.